The van der Waals surface area contributed by atoms with Crippen molar-refractivity contribution in [2.45, 2.75) is 102 Å². The van der Waals surface area contributed by atoms with E-state index in [0.29, 0.717) is 29.6 Å². The quantitative estimate of drug-likeness (QED) is 0.376. The molecule has 198 valence electrons. The van der Waals surface area contributed by atoms with E-state index < -0.39 is 36.7 Å². The standard InChI is InChI=1S/C26H40O9/c1-26-9-8-15-14-5-3-13(27)10-12(14)2-4-16(15)17(26)6-7-18(26)19(28)11-34-25-22(31)20(29)21(30)23(35-25)24(32)33/h12-18,20-23,25,27,29-31H,2-11H2,1H3,(H,32,33)/t12-,13+,14-,15+,16+,17-,18+,20-,21-,22+,23-,25?,26-/m0/s1. The van der Waals surface area contributed by atoms with E-state index in [1.165, 1.54) is 12.8 Å². The maximum Gasteiger partial charge on any atom is 0.335 e. The Balaban J connectivity index is 1.22. The van der Waals surface area contributed by atoms with Crippen molar-refractivity contribution in [3.8, 4) is 0 Å². The number of fused-ring (bicyclic) bond motifs is 5. The van der Waals surface area contributed by atoms with Gasteiger partial charge >= 0.3 is 5.97 Å². The summed E-state index contributed by atoms with van der Waals surface area (Å²) in [5.41, 5.74) is -0.103. The minimum absolute atomic E-state index is 0.0776. The summed E-state index contributed by atoms with van der Waals surface area (Å²) in [6, 6.07) is 0. The summed E-state index contributed by atoms with van der Waals surface area (Å²) in [4.78, 5) is 24.6. The van der Waals surface area contributed by atoms with Crippen LogP contribution in [0.25, 0.3) is 0 Å². The third-order valence-corrected chi connectivity index (χ3v) is 10.5. The van der Waals surface area contributed by atoms with Gasteiger partial charge in [0, 0.05) is 5.92 Å². The Kier molecular flexibility index (Phi) is 7.04. The fourth-order valence-electron chi connectivity index (χ4n) is 8.81. The lowest BCUT2D eigenvalue weighted by molar-refractivity contribution is -0.292. The van der Waals surface area contributed by atoms with Crippen molar-refractivity contribution in [3.05, 3.63) is 0 Å². The normalized spacial score (nSPS) is 51.7. The monoisotopic (exact) mass is 496 g/mol. The van der Waals surface area contributed by atoms with Gasteiger partial charge in [0.05, 0.1) is 6.10 Å². The van der Waals surface area contributed by atoms with E-state index in [0.717, 1.165) is 44.9 Å². The molecular weight excluding hydrogens is 456 g/mol. The van der Waals surface area contributed by atoms with Crippen LogP contribution in [-0.4, -0.2) is 80.7 Å². The smallest absolute Gasteiger partial charge is 0.335 e. The van der Waals surface area contributed by atoms with Crippen molar-refractivity contribution in [1.82, 2.24) is 0 Å². The molecule has 0 bridgehead atoms. The molecule has 1 heterocycles. The van der Waals surface area contributed by atoms with Crippen LogP contribution in [0.3, 0.4) is 0 Å². The lowest BCUT2D eigenvalue weighted by Gasteiger charge is -2.56. The van der Waals surface area contributed by atoms with E-state index >= 15 is 0 Å². The maximum atomic E-state index is 13.3. The summed E-state index contributed by atoms with van der Waals surface area (Å²) in [5.74, 6) is 1.44. The summed E-state index contributed by atoms with van der Waals surface area (Å²) >= 11 is 0. The van der Waals surface area contributed by atoms with E-state index in [4.69, 9.17) is 9.47 Å². The van der Waals surface area contributed by atoms with Gasteiger partial charge in [-0.15, -0.1) is 0 Å². The molecule has 1 unspecified atom stereocenters. The first-order valence-electron chi connectivity index (χ1n) is 13.4. The number of rotatable bonds is 5. The van der Waals surface area contributed by atoms with Crippen molar-refractivity contribution in [1.29, 1.82) is 0 Å². The zero-order valence-corrected chi connectivity index (χ0v) is 20.4. The van der Waals surface area contributed by atoms with Crippen molar-refractivity contribution in [3.63, 3.8) is 0 Å². The first-order chi connectivity index (χ1) is 16.6. The number of ether oxygens (including phenoxy) is 2. The Labute approximate surface area is 205 Å². The van der Waals surface area contributed by atoms with Gasteiger partial charge in [-0.1, -0.05) is 6.92 Å². The van der Waals surface area contributed by atoms with Crippen LogP contribution >= 0.6 is 0 Å². The molecule has 5 aliphatic rings. The molecule has 13 atom stereocenters. The molecule has 0 spiro atoms. The topological polar surface area (TPSA) is 154 Å². The molecule has 9 heteroatoms. The molecule has 1 aliphatic heterocycles. The van der Waals surface area contributed by atoms with Gasteiger partial charge in [0.2, 0.25) is 0 Å². The number of carboxylic acids is 1. The summed E-state index contributed by atoms with van der Waals surface area (Å²) < 4.78 is 10.7. The van der Waals surface area contributed by atoms with E-state index in [1.807, 2.05) is 0 Å². The molecule has 5 rings (SSSR count). The third kappa shape index (κ3) is 4.36. The van der Waals surface area contributed by atoms with Gasteiger partial charge in [-0.05, 0) is 92.8 Å². The molecule has 0 aromatic rings. The lowest BCUT2D eigenvalue weighted by atomic mass is 9.49. The Hall–Kier alpha value is -1.10. The molecule has 0 aromatic heterocycles. The van der Waals surface area contributed by atoms with Crippen LogP contribution < -0.4 is 0 Å². The predicted molar refractivity (Wildman–Crippen MR) is 122 cm³/mol. The van der Waals surface area contributed by atoms with Crippen LogP contribution in [0.15, 0.2) is 0 Å². The van der Waals surface area contributed by atoms with Crippen LogP contribution in [0.1, 0.15) is 64.7 Å². The third-order valence-electron chi connectivity index (χ3n) is 10.5. The highest BCUT2D eigenvalue weighted by atomic mass is 16.7. The van der Waals surface area contributed by atoms with E-state index in [2.05, 4.69) is 6.92 Å². The highest BCUT2D eigenvalue weighted by molar-refractivity contribution is 5.83. The summed E-state index contributed by atoms with van der Waals surface area (Å²) in [6.07, 6.45) is 0.679. The number of hydrogen-bond acceptors (Lipinski definition) is 8. The van der Waals surface area contributed by atoms with Gasteiger partial charge in [-0.25, -0.2) is 4.79 Å². The van der Waals surface area contributed by atoms with Crippen LogP contribution in [0.5, 0.6) is 0 Å². The van der Waals surface area contributed by atoms with E-state index in [9.17, 15) is 35.1 Å². The number of Topliss-reactive ketones (excluding diaryl/α,β-unsaturated/α-hetero) is 1. The SMILES string of the molecule is C[C@]12CC[C@H]3[C@@H](CC[C@H]4C[C@H](O)CC[C@@H]43)[C@@H]1CC[C@@H]2C(=O)COC1O[C@H](C(=O)O)[C@@H](O)[C@H](O)[C@H]1O. The number of aliphatic carboxylic acids is 1. The van der Waals surface area contributed by atoms with Crippen LogP contribution in [-0.2, 0) is 19.1 Å². The molecule has 9 nitrogen and oxygen atoms in total. The predicted octanol–water partition coefficient (Wildman–Crippen LogP) is 1.09. The van der Waals surface area contributed by atoms with E-state index in [1.54, 1.807) is 0 Å². The van der Waals surface area contributed by atoms with Crippen LogP contribution in [0.2, 0.25) is 0 Å². The van der Waals surface area contributed by atoms with E-state index in [-0.39, 0.29) is 29.8 Å². The molecule has 1 saturated heterocycles. The molecule has 0 radical (unpaired) electrons. The summed E-state index contributed by atoms with van der Waals surface area (Å²) in [5, 5.41) is 49.4. The minimum Gasteiger partial charge on any atom is -0.479 e. The molecule has 35 heavy (non-hydrogen) atoms. The van der Waals surface area contributed by atoms with Gasteiger partial charge in [0.1, 0.15) is 24.9 Å². The first-order valence-corrected chi connectivity index (χ1v) is 13.4. The second kappa shape index (κ2) is 9.65. The number of aliphatic hydroxyl groups excluding tert-OH is 4. The van der Waals surface area contributed by atoms with Gasteiger partial charge in [-0.2, -0.15) is 0 Å². The van der Waals surface area contributed by atoms with Crippen molar-refractivity contribution >= 4 is 11.8 Å². The average molecular weight is 497 g/mol. The molecule has 0 amide bonds. The molecule has 5 N–H and O–H groups in total. The van der Waals surface area contributed by atoms with Crippen molar-refractivity contribution < 1.29 is 44.6 Å². The zero-order valence-electron chi connectivity index (χ0n) is 20.4. The number of carboxylic acid groups (broad SMARTS) is 1. The number of carbonyl (C=O) groups excluding carboxylic acids is 1. The minimum atomic E-state index is -1.79. The lowest BCUT2D eigenvalue weighted by Crippen LogP contribution is -2.60. The fraction of sp³-hybridized carbons (Fsp3) is 0.923. The van der Waals surface area contributed by atoms with Gasteiger partial charge in [0.15, 0.2) is 18.2 Å². The number of hydrogen-bond donors (Lipinski definition) is 5. The van der Waals surface area contributed by atoms with Gasteiger partial charge in [-0.3, -0.25) is 4.79 Å². The van der Waals surface area contributed by atoms with Crippen LogP contribution in [0.4, 0.5) is 0 Å². The van der Waals surface area contributed by atoms with Gasteiger partial charge in [0.25, 0.3) is 0 Å². The highest BCUT2D eigenvalue weighted by Crippen LogP contribution is 2.64. The summed E-state index contributed by atoms with van der Waals surface area (Å²) in [7, 11) is 0. The Morgan fingerprint density at radius 2 is 1.63 bits per heavy atom. The molecule has 4 saturated carbocycles. The first kappa shape index (κ1) is 25.5. The Bertz CT molecular complexity index is 819. The molecule has 5 fully saturated rings. The molecular formula is C26H40O9. The molecule has 0 aromatic carbocycles. The van der Waals surface area contributed by atoms with Crippen molar-refractivity contribution in [2.75, 3.05) is 6.61 Å². The molecule has 4 aliphatic carbocycles. The van der Waals surface area contributed by atoms with Crippen LogP contribution in [0, 0.1) is 40.9 Å². The largest absolute Gasteiger partial charge is 0.479 e. The Morgan fingerprint density at radius 1 is 0.886 bits per heavy atom. The van der Waals surface area contributed by atoms with Crippen molar-refractivity contribution in [2.24, 2.45) is 40.9 Å². The number of ketones is 1. The Morgan fingerprint density at radius 3 is 2.37 bits per heavy atom. The fourth-order valence-corrected chi connectivity index (χ4v) is 8.81. The second-order valence-electron chi connectivity index (χ2n) is 12.1. The van der Waals surface area contributed by atoms with Gasteiger partial charge < -0.3 is 35.0 Å². The number of carbonyl (C=O) groups is 2. The average Bonchev–Trinajstić information content (AvgIpc) is 3.18. The second-order valence-corrected chi connectivity index (χ2v) is 12.1. The summed E-state index contributed by atoms with van der Waals surface area (Å²) in [6.45, 7) is 1.91. The maximum absolute atomic E-state index is 13.3. The highest BCUT2D eigenvalue weighted by Gasteiger charge is 2.58. The zero-order chi connectivity index (χ0) is 25.1. The number of aliphatic hydroxyl groups is 4.